The normalized spacial score (nSPS) is 18.7. The van der Waals surface area contributed by atoms with Crippen LogP contribution in [0.25, 0.3) is 0 Å². The number of rotatable bonds is 2. The van der Waals surface area contributed by atoms with Gasteiger partial charge in [-0.3, -0.25) is 5.32 Å². The Morgan fingerprint density at radius 1 is 1.00 bits per heavy atom. The fourth-order valence-corrected chi connectivity index (χ4v) is 3.19. The zero-order valence-electron chi connectivity index (χ0n) is 15.3. The molecule has 0 aromatic heterocycles. The van der Waals surface area contributed by atoms with E-state index < -0.39 is 15.7 Å². The number of urea groups is 1. The molecule has 1 heterocycles. The van der Waals surface area contributed by atoms with Gasteiger partial charge in [0.05, 0.1) is 0 Å². The average molecular weight is 509 g/mol. The number of ether oxygens (including phenoxy) is 2. The van der Waals surface area contributed by atoms with Crippen molar-refractivity contribution in [3.8, 4) is 11.5 Å². The largest absolute Gasteiger partial charge is 0.428 e. The Bertz CT molecular complexity index is 895. The van der Waals surface area contributed by atoms with Crippen molar-refractivity contribution < 1.29 is 14.3 Å². The third kappa shape index (κ3) is 4.46. The molecule has 0 bridgehead atoms. The van der Waals surface area contributed by atoms with E-state index in [9.17, 15) is 4.79 Å². The van der Waals surface area contributed by atoms with Crippen molar-refractivity contribution in [1.29, 1.82) is 0 Å². The molecule has 3 rings (SSSR count). The van der Waals surface area contributed by atoms with Crippen molar-refractivity contribution >= 4 is 62.5 Å². The molecule has 0 unspecified atom stereocenters. The Balaban J connectivity index is 1.84. The number of hydrogen-bond donors (Lipinski definition) is 2. The minimum Gasteiger partial charge on any atom is -0.428 e. The molecule has 150 valence electrons. The molecule has 9 heteroatoms. The highest BCUT2D eigenvalue weighted by molar-refractivity contribution is 9.10. The van der Waals surface area contributed by atoms with Crippen LogP contribution in [-0.2, 0) is 5.41 Å². The van der Waals surface area contributed by atoms with Gasteiger partial charge in [-0.25, -0.2) is 4.79 Å². The fraction of sp³-hybridized carbons (Fsp3) is 0.316. The molecule has 28 heavy (non-hydrogen) atoms. The Morgan fingerprint density at radius 2 is 1.61 bits per heavy atom. The lowest BCUT2D eigenvalue weighted by atomic mass is 9.87. The van der Waals surface area contributed by atoms with E-state index in [1.807, 2.05) is 12.1 Å². The average Bonchev–Trinajstić information content (AvgIpc) is 2.94. The number of alkyl halides is 3. The molecule has 1 aliphatic heterocycles. The summed E-state index contributed by atoms with van der Waals surface area (Å²) in [6.07, 6.45) is 0. The number of nitrogens with one attached hydrogen (secondary N) is 2. The van der Waals surface area contributed by atoms with Crippen molar-refractivity contribution in [2.75, 3.05) is 5.32 Å². The molecule has 0 fully saturated rings. The zero-order chi connectivity index (χ0) is 20.7. The van der Waals surface area contributed by atoms with Crippen molar-refractivity contribution in [2.24, 2.45) is 0 Å². The van der Waals surface area contributed by atoms with Gasteiger partial charge in [0, 0.05) is 10.2 Å². The molecule has 0 saturated carbocycles. The maximum absolute atomic E-state index is 12.5. The summed E-state index contributed by atoms with van der Waals surface area (Å²) in [6, 6.07) is 11.8. The lowest BCUT2D eigenvalue weighted by molar-refractivity contribution is -0.0922. The number of carbonyl (C=O) groups excluding carboxylic acids is 1. The minimum absolute atomic E-state index is 0.115. The third-order valence-electron chi connectivity index (χ3n) is 4.07. The van der Waals surface area contributed by atoms with Crippen molar-refractivity contribution in [3.05, 3.63) is 52.5 Å². The monoisotopic (exact) mass is 506 g/mol. The first-order valence-electron chi connectivity index (χ1n) is 8.34. The summed E-state index contributed by atoms with van der Waals surface area (Å²) in [4.78, 5) is 12.5. The molecule has 5 nitrogen and oxygen atoms in total. The maximum atomic E-state index is 12.5. The number of amides is 2. The summed E-state index contributed by atoms with van der Waals surface area (Å²) in [5.41, 5.74) is 1.44. The SMILES string of the molecule is CC(C)(C)c1ccc2c(c1)O[C@](NC(=O)Nc1ccc(Br)cc1)(C(Cl)(Cl)Cl)O2. The predicted molar refractivity (Wildman–Crippen MR) is 116 cm³/mol. The van der Waals surface area contributed by atoms with Crippen LogP contribution >= 0.6 is 50.7 Å². The van der Waals surface area contributed by atoms with Crippen molar-refractivity contribution in [2.45, 2.75) is 35.9 Å². The van der Waals surface area contributed by atoms with Crippen LogP contribution in [0.1, 0.15) is 26.3 Å². The number of halogens is 4. The summed E-state index contributed by atoms with van der Waals surface area (Å²) in [5, 5.41) is 5.15. The summed E-state index contributed by atoms with van der Waals surface area (Å²) >= 11 is 21.7. The van der Waals surface area contributed by atoms with Crippen LogP contribution in [0, 0.1) is 0 Å². The van der Waals surface area contributed by atoms with Crippen LogP contribution in [0.4, 0.5) is 10.5 Å². The quantitative estimate of drug-likeness (QED) is 0.464. The summed E-state index contributed by atoms with van der Waals surface area (Å²) in [6.45, 7) is 6.20. The van der Waals surface area contributed by atoms with Crippen LogP contribution in [0.2, 0.25) is 0 Å². The van der Waals surface area contributed by atoms with Crippen LogP contribution < -0.4 is 20.1 Å². The molecule has 2 aromatic carbocycles. The number of carbonyl (C=O) groups is 1. The van der Waals surface area contributed by atoms with E-state index in [4.69, 9.17) is 44.3 Å². The van der Waals surface area contributed by atoms with Crippen molar-refractivity contribution in [1.82, 2.24) is 5.32 Å². The Hall–Kier alpha value is -1.34. The van der Waals surface area contributed by atoms with Crippen molar-refractivity contribution in [3.63, 3.8) is 0 Å². The second kappa shape index (κ2) is 7.48. The zero-order valence-corrected chi connectivity index (χ0v) is 19.1. The first kappa shape index (κ1) is 21.4. The highest BCUT2D eigenvalue weighted by Crippen LogP contribution is 2.49. The Morgan fingerprint density at radius 3 is 2.18 bits per heavy atom. The highest BCUT2D eigenvalue weighted by Gasteiger charge is 2.59. The lowest BCUT2D eigenvalue weighted by Gasteiger charge is -2.33. The molecule has 0 aliphatic carbocycles. The smallest absolute Gasteiger partial charge is 0.389 e. The van der Waals surface area contributed by atoms with E-state index in [1.165, 1.54) is 0 Å². The molecule has 0 spiro atoms. The van der Waals surface area contributed by atoms with Gasteiger partial charge in [-0.05, 0) is 47.4 Å². The molecule has 0 radical (unpaired) electrons. The van der Waals surface area contributed by atoms with Gasteiger partial charge in [0.1, 0.15) is 0 Å². The first-order valence-corrected chi connectivity index (χ1v) is 10.3. The fourth-order valence-electron chi connectivity index (χ4n) is 2.55. The Kier molecular flexibility index (Phi) is 5.71. The summed E-state index contributed by atoms with van der Waals surface area (Å²) in [5.74, 6) is -1.28. The third-order valence-corrected chi connectivity index (χ3v) is 5.35. The summed E-state index contributed by atoms with van der Waals surface area (Å²) < 4.78 is 10.4. The number of hydrogen-bond acceptors (Lipinski definition) is 3. The number of anilines is 1. The number of fused-ring (bicyclic) bond motifs is 1. The van der Waals surface area contributed by atoms with Gasteiger partial charge in [-0.2, -0.15) is 0 Å². The van der Waals surface area contributed by atoms with E-state index in [2.05, 4.69) is 47.3 Å². The molecular weight excluding hydrogens is 490 g/mol. The van der Waals surface area contributed by atoms with Gasteiger partial charge >= 0.3 is 11.9 Å². The molecule has 1 aliphatic rings. The molecule has 0 saturated heterocycles. The van der Waals surface area contributed by atoms with Gasteiger partial charge in [-0.1, -0.05) is 77.6 Å². The molecule has 1 atom stereocenters. The van der Waals surface area contributed by atoms with Gasteiger partial charge in [-0.15, -0.1) is 0 Å². The highest BCUT2D eigenvalue weighted by atomic mass is 79.9. The van der Waals surface area contributed by atoms with E-state index in [1.54, 1.807) is 30.3 Å². The van der Waals surface area contributed by atoms with E-state index >= 15 is 0 Å². The first-order chi connectivity index (χ1) is 12.9. The summed E-state index contributed by atoms with van der Waals surface area (Å²) in [7, 11) is 0. The predicted octanol–water partition coefficient (Wildman–Crippen LogP) is 6.36. The molecular formula is C19H18BrCl3N2O3. The van der Waals surface area contributed by atoms with Crippen LogP contribution in [-0.4, -0.2) is 15.7 Å². The molecule has 2 N–H and O–H groups in total. The second-order valence-corrected chi connectivity index (χ2v) is 10.5. The van der Waals surface area contributed by atoms with E-state index in [0.29, 0.717) is 17.2 Å². The van der Waals surface area contributed by atoms with E-state index in [0.717, 1.165) is 10.0 Å². The van der Waals surface area contributed by atoms with Crippen LogP contribution in [0.5, 0.6) is 11.5 Å². The van der Waals surface area contributed by atoms with Gasteiger partial charge < -0.3 is 14.8 Å². The van der Waals surface area contributed by atoms with Gasteiger partial charge in [0.15, 0.2) is 11.5 Å². The van der Waals surface area contributed by atoms with Crippen LogP contribution in [0.3, 0.4) is 0 Å². The Labute approximate surface area is 186 Å². The minimum atomic E-state index is -2.11. The standard InChI is InChI=1S/C19H18BrCl3N2O3/c1-17(2,3)11-4-9-14-15(10-11)28-19(27-14,18(21,22)23)25-16(26)24-13-7-5-12(20)6-8-13/h4-10H,1-3H3,(H2,24,25,26)/t19-/m0/s1. The molecule has 2 aromatic rings. The van der Waals surface area contributed by atoms with E-state index in [-0.39, 0.29) is 5.41 Å². The topological polar surface area (TPSA) is 59.6 Å². The maximum Gasteiger partial charge on any atom is 0.389 e. The lowest BCUT2D eigenvalue weighted by Crippen LogP contribution is -2.64. The molecule has 2 amide bonds. The second-order valence-electron chi connectivity index (χ2n) is 7.32. The van der Waals surface area contributed by atoms with Crippen LogP contribution in [0.15, 0.2) is 46.9 Å². The van der Waals surface area contributed by atoms with Gasteiger partial charge in [0.25, 0.3) is 3.79 Å². The number of benzene rings is 2. The van der Waals surface area contributed by atoms with Gasteiger partial charge in [0.2, 0.25) is 0 Å².